The van der Waals surface area contributed by atoms with Crippen molar-refractivity contribution < 1.29 is 4.79 Å². The molecule has 3 atom stereocenters. The average Bonchev–Trinajstić information content (AvgIpc) is 2.54. The summed E-state index contributed by atoms with van der Waals surface area (Å²) in [6, 6.07) is 9.33. The largest absolute Gasteiger partial charge is 0.348 e. The molecule has 1 aliphatic rings. The second-order valence-corrected chi connectivity index (χ2v) is 5.77. The van der Waals surface area contributed by atoms with E-state index in [1.807, 2.05) is 19.1 Å². The first-order valence-corrected chi connectivity index (χ1v) is 7.67. The summed E-state index contributed by atoms with van der Waals surface area (Å²) in [5.74, 6) is 0.720. The van der Waals surface area contributed by atoms with Gasteiger partial charge in [-0.05, 0) is 49.9 Å². The topological polar surface area (TPSA) is 64.9 Å². The van der Waals surface area contributed by atoms with Crippen molar-refractivity contribution in [3.8, 4) is 6.07 Å². The van der Waals surface area contributed by atoms with Crippen LogP contribution in [0.15, 0.2) is 24.3 Å². The summed E-state index contributed by atoms with van der Waals surface area (Å²) in [6.07, 6.45) is 3.21. The van der Waals surface area contributed by atoms with E-state index in [0.29, 0.717) is 11.5 Å². The van der Waals surface area contributed by atoms with Gasteiger partial charge in [-0.2, -0.15) is 5.26 Å². The van der Waals surface area contributed by atoms with E-state index in [4.69, 9.17) is 5.26 Å². The van der Waals surface area contributed by atoms with Gasteiger partial charge in [0.15, 0.2) is 0 Å². The second kappa shape index (κ2) is 7.24. The van der Waals surface area contributed by atoms with E-state index in [2.05, 4.69) is 23.6 Å². The minimum Gasteiger partial charge on any atom is -0.348 e. The number of amides is 1. The van der Waals surface area contributed by atoms with Crippen LogP contribution in [0.25, 0.3) is 0 Å². The smallest absolute Gasteiger partial charge is 0.237 e. The summed E-state index contributed by atoms with van der Waals surface area (Å²) in [7, 11) is 0. The van der Waals surface area contributed by atoms with E-state index in [1.54, 1.807) is 12.1 Å². The van der Waals surface area contributed by atoms with Crippen LogP contribution in [0.2, 0.25) is 0 Å². The highest BCUT2D eigenvalue weighted by Crippen LogP contribution is 2.20. The first-order chi connectivity index (χ1) is 10.1. The molecule has 2 rings (SSSR count). The molecular formula is C17H23N3O. The third-order valence-electron chi connectivity index (χ3n) is 4.30. The van der Waals surface area contributed by atoms with Crippen LogP contribution in [0.1, 0.15) is 50.3 Å². The quantitative estimate of drug-likeness (QED) is 0.893. The Labute approximate surface area is 126 Å². The minimum atomic E-state index is -0.0791. The van der Waals surface area contributed by atoms with Gasteiger partial charge in [0, 0.05) is 0 Å². The normalized spacial score (nSPS) is 23.1. The molecule has 3 unspecified atom stereocenters. The summed E-state index contributed by atoms with van der Waals surface area (Å²) in [5, 5.41) is 15.2. The van der Waals surface area contributed by atoms with E-state index in [-0.39, 0.29) is 18.0 Å². The van der Waals surface area contributed by atoms with Crippen LogP contribution in [0.5, 0.6) is 0 Å². The Morgan fingerprint density at radius 3 is 2.81 bits per heavy atom. The van der Waals surface area contributed by atoms with Crippen molar-refractivity contribution in [3.05, 3.63) is 35.4 Å². The number of nitrogens with one attached hydrogen (secondary N) is 2. The first kappa shape index (κ1) is 15.5. The van der Waals surface area contributed by atoms with E-state index in [0.717, 1.165) is 31.4 Å². The zero-order chi connectivity index (χ0) is 15.2. The predicted molar refractivity (Wildman–Crippen MR) is 82.5 cm³/mol. The highest BCUT2D eigenvalue weighted by molar-refractivity contribution is 5.82. The molecule has 1 heterocycles. The molecule has 1 fully saturated rings. The standard InChI is InChI=1S/C17H23N3O/c1-3-13-8-9-19-16(10-13)17(21)20-12(2)15-6-4-14(11-18)5-7-15/h4-7,12-13,16,19H,3,8-10H2,1-2H3,(H,20,21). The molecule has 0 spiro atoms. The van der Waals surface area contributed by atoms with Gasteiger partial charge >= 0.3 is 0 Å². The maximum Gasteiger partial charge on any atom is 0.237 e. The molecule has 0 radical (unpaired) electrons. The predicted octanol–water partition coefficient (Wildman–Crippen LogP) is 2.51. The van der Waals surface area contributed by atoms with Gasteiger partial charge in [0.05, 0.1) is 23.7 Å². The van der Waals surface area contributed by atoms with Crippen LogP contribution in [0, 0.1) is 17.2 Å². The Hall–Kier alpha value is -1.86. The Balaban J connectivity index is 1.93. The van der Waals surface area contributed by atoms with Gasteiger partial charge in [-0.25, -0.2) is 0 Å². The summed E-state index contributed by atoms with van der Waals surface area (Å²) in [4.78, 5) is 12.3. The molecular weight excluding hydrogens is 262 g/mol. The lowest BCUT2D eigenvalue weighted by molar-refractivity contribution is -0.124. The zero-order valence-corrected chi connectivity index (χ0v) is 12.7. The molecule has 2 N–H and O–H groups in total. The number of nitrogens with zero attached hydrogens (tertiary/aromatic N) is 1. The number of hydrogen-bond donors (Lipinski definition) is 2. The molecule has 1 aromatic carbocycles. The Bertz CT molecular complexity index is 518. The Morgan fingerprint density at radius 1 is 1.48 bits per heavy atom. The third-order valence-corrected chi connectivity index (χ3v) is 4.30. The summed E-state index contributed by atoms with van der Waals surface area (Å²) in [6.45, 7) is 5.07. The maximum atomic E-state index is 12.3. The number of carbonyl (C=O) groups is 1. The van der Waals surface area contributed by atoms with Crippen LogP contribution in [-0.2, 0) is 4.79 Å². The van der Waals surface area contributed by atoms with Crippen molar-refractivity contribution in [1.82, 2.24) is 10.6 Å². The summed E-state index contributed by atoms with van der Waals surface area (Å²) < 4.78 is 0. The monoisotopic (exact) mass is 285 g/mol. The Morgan fingerprint density at radius 2 is 2.19 bits per heavy atom. The SMILES string of the molecule is CCC1CCNC(C(=O)NC(C)c2ccc(C#N)cc2)C1. The first-order valence-electron chi connectivity index (χ1n) is 7.67. The van der Waals surface area contributed by atoms with Crippen LogP contribution >= 0.6 is 0 Å². The number of nitriles is 1. The number of carbonyl (C=O) groups excluding carboxylic acids is 1. The lowest BCUT2D eigenvalue weighted by Crippen LogP contribution is -2.49. The minimum absolute atomic E-state index is 0.0472. The zero-order valence-electron chi connectivity index (χ0n) is 12.7. The number of hydrogen-bond acceptors (Lipinski definition) is 3. The highest BCUT2D eigenvalue weighted by Gasteiger charge is 2.26. The van der Waals surface area contributed by atoms with Crippen LogP contribution in [-0.4, -0.2) is 18.5 Å². The van der Waals surface area contributed by atoms with Crippen molar-refractivity contribution in [2.45, 2.75) is 45.2 Å². The summed E-state index contributed by atoms with van der Waals surface area (Å²) >= 11 is 0. The fraction of sp³-hybridized carbons (Fsp3) is 0.529. The fourth-order valence-corrected chi connectivity index (χ4v) is 2.81. The molecule has 1 aromatic rings. The summed E-state index contributed by atoms with van der Waals surface area (Å²) in [5.41, 5.74) is 1.65. The number of benzene rings is 1. The van der Waals surface area contributed by atoms with Gasteiger partial charge in [-0.1, -0.05) is 25.5 Å². The van der Waals surface area contributed by atoms with Gasteiger partial charge in [-0.15, -0.1) is 0 Å². The van der Waals surface area contributed by atoms with Gasteiger partial charge in [0.2, 0.25) is 5.91 Å². The van der Waals surface area contributed by atoms with Crippen molar-refractivity contribution in [1.29, 1.82) is 5.26 Å². The molecule has 1 saturated heterocycles. The molecule has 21 heavy (non-hydrogen) atoms. The average molecular weight is 285 g/mol. The van der Waals surface area contributed by atoms with Gasteiger partial charge < -0.3 is 10.6 Å². The van der Waals surface area contributed by atoms with Crippen LogP contribution in [0.4, 0.5) is 0 Å². The lowest BCUT2D eigenvalue weighted by atomic mass is 9.90. The van der Waals surface area contributed by atoms with Crippen molar-refractivity contribution in [2.75, 3.05) is 6.54 Å². The molecule has 4 nitrogen and oxygen atoms in total. The van der Waals surface area contributed by atoms with E-state index >= 15 is 0 Å². The molecule has 0 bridgehead atoms. The van der Waals surface area contributed by atoms with Crippen LogP contribution < -0.4 is 10.6 Å². The molecule has 0 aliphatic carbocycles. The molecule has 0 aromatic heterocycles. The number of rotatable bonds is 4. The van der Waals surface area contributed by atoms with E-state index in [1.165, 1.54) is 0 Å². The van der Waals surface area contributed by atoms with E-state index in [9.17, 15) is 4.79 Å². The maximum absolute atomic E-state index is 12.3. The lowest BCUT2D eigenvalue weighted by Gasteiger charge is -2.29. The molecule has 1 aliphatic heterocycles. The molecule has 4 heteroatoms. The number of piperidine rings is 1. The van der Waals surface area contributed by atoms with Gasteiger partial charge in [0.1, 0.15) is 0 Å². The van der Waals surface area contributed by atoms with Gasteiger partial charge in [0.25, 0.3) is 0 Å². The van der Waals surface area contributed by atoms with Crippen LogP contribution in [0.3, 0.4) is 0 Å². The van der Waals surface area contributed by atoms with Crippen molar-refractivity contribution in [2.24, 2.45) is 5.92 Å². The van der Waals surface area contributed by atoms with E-state index < -0.39 is 0 Å². The van der Waals surface area contributed by atoms with Gasteiger partial charge in [-0.3, -0.25) is 4.79 Å². The highest BCUT2D eigenvalue weighted by atomic mass is 16.2. The molecule has 1 amide bonds. The molecule has 112 valence electrons. The van der Waals surface area contributed by atoms with Crippen molar-refractivity contribution in [3.63, 3.8) is 0 Å². The Kier molecular flexibility index (Phi) is 5.35. The molecule has 0 saturated carbocycles. The second-order valence-electron chi connectivity index (χ2n) is 5.77. The third kappa shape index (κ3) is 4.05. The van der Waals surface area contributed by atoms with Crippen molar-refractivity contribution >= 4 is 5.91 Å². The fourth-order valence-electron chi connectivity index (χ4n) is 2.81.